The Kier molecular flexibility index (Phi) is 2.61. The number of rotatable bonds is 0. The van der Waals surface area contributed by atoms with Crippen LogP contribution in [0.2, 0.25) is 0 Å². The Labute approximate surface area is 72.7 Å². The first-order valence-corrected chi connectivity index (χ1v) is 4.73. The first-order valence-electron chi connectivity index (χ1n) is 4.73. The van der Waals surface area contributed by atoms with Crippen LogP contribution in [-0.4, -0.2) is 25.5 Å². The summed E-state index contributed by atoms with van der Waals surface area (Å²) in [6, 6.07) is 0. The normalized spacial score (nSPS) is 30.7. The quantitative estimate of drug-likeness (QED) is 0.551. The summed E-state index contributed by atoms with van der Waals surface area (Å²) in [6.07, 6.45) is 5.58. The van der Waals surface area contributed by atoms with Gasteiger partial charge in [-0.15, -0.1) is 0 Å². The first-order chi connectivity index (χ1) is 5.97. The topological polar surface area (TPSA) is 30.8 Å². The van der Waals surface area contributed by atoms with Crippen LogP contribution in [0.4, 0.5) is 0 Å². The maximum Gasteiger partial charge on any atom is 0.125 e. The van der Waals surface area contributed by atoms with Gasteiger partial charge in [-0.1, -0.05) is 24.4 Å². The molecule has 1 saturated carbocycles. The van der Waals surface area contributed by atoms with E-state index < -0.39 is 0 Å². The minimum atomic E-state index is 0.568. The van der Waals surface area contributed by atoms with Gasteiger partial charge in [0.05, 0.1) is 12.3 Å². The largest absolute Gasteiger partial charge is 0.395 e. The lowest BCUT2D eigenvalue weighted by atomic mass is 10.0. The van der Waals surface area contributed by atoms with Gasteiger partial charge in [0.15, 0.2) is 0 Å². The molecule has 68 valence electrons. The molecule has 3 heteroatoms. The molecule has 3 nitrogen and oxygen atoms in total. The molecule has 1 unspecified atom stereocenters. The smallest absolute Gasteiger partial charge is 0.125 e. The summed E-state index contributed by atoms with van der Waals surface area (Å²) in [6.45, 7) is 2.33. The Balaban J connectivity index is 0.000000159. The Morgan fingerprint density at radius 1 is 1.25 bits per heavy atom. The summed E-state index contributed by atoms with van der Waals surface area (Å²) in [5, 5.41) is 3.85. The van der Waals surface area contributed by atoms with Crippen molar-refractivity contribution >= 4 is 5.71 Å². The van der Waals surface area contributed by atoms with E-state index in [1.54, 1.807) is 0 Å². The van der Waals surface area contributed by atoms with Gasteiger partial charge in [-0.05, 0) is 6.42 Å². The molecule has 1 saturated heterocycles. The van der Waals surface area contributed by atoms with Crippen LogP contribution < -0.4 is 0 Å². The zero-order valence-corrected chi connectivity index (χ0v) is 7.29. The molecule has 3 rings (SSSR count). The van der Waals surface area contributed by atoms with E-state index in [9.17, 15) is 0 Å². The summed E-state index contributed by atoms with van der Waals surface area (Å²) < 4.78 is 5.17. The predicted molar refractivity (Wildman–Crippen MR) is 46.2 cm³/mol. The average Bonchev–Trinajstić information content (AvgIpc) is 2.91. The third-order valence-corrected chi connectivity index (χ3v) is 2.14. The van der Waals surface area contributed by atoms with Gasteiger partial charge in [-0.2, -0.15) is 0 Å². The standard InChI is InChI=1S/C6H9NO2.C3H6/c1-2-8-4-6-5(1)3-9-7-6;1-2-3-1/h5H,1-4H2;1-3H2. The van der Waals surface area contributed by atoms with Gasteiger partial charge in [0.25, 0.3) is 0 Å². The lowest BCUT2D eigenvalue weighted by molar-refractivity contribution is 0.120. The molecule has 0 amide bonds. The molecule has 0 aromatic carbocycles. The van der Waals surface area contributed by atoms with Crippen molar-refractivity contribution in [2.45, 2.75) is 25.7 Å². The highest BCUT2D eigenvalue weighted by molar-refractivity contribution is 5.89. The Bertz CT molecular complexity index is 175. The second-order valence-corrected chi connectivity index (χ2v) is 3.48. The maximum absolute atomic E-state index is 5.17. The minimum Gasteiger partial charge on any atom is -0.395 e. The van der Waals surface area contributed by atoms with E-state index in [1.807, 2.05) is 0 Å². The second-order valence-electron chi connectivity index (χ2n) is 3.48. The molecular weight excluding hydrogens is 154 g/mol. The van der Waals surface area contributed by atoms with Gasteiger partial charge in [-0.25, -0.2) is 0 Å². The molecular formula is C9H15NO2. The zero-order valence-electron chi connectivity index (χ0n) is 7.29. The monoisotopic (exact) mass is 169 g/mol. The Hall–Kier alpha value is -0.570. The van der Waals surface area contributed by atoms with Crippen molar-refractivity contribution in [3.8, 4) is 0 Å². The van der Waals surface area contributed by atoms with Crippen LogP contribution >= 0.6 is 0 Å². The maximum atomic E-state index is 5.17. The van der Waals surface area contributed by atoms with E-state index in [0.717, 1.165) is 25.3 Å². The summed E-state index contributed by atoms with van der Waals surface area (Å²) in [7, 11) is 0. The highest BCUT2D eigenvalue weighted by Crippen LogP contribution is 2.18. The fourth-order valence-electron chi connectivity index (χ4n) is 1.18. The third kappa shape index (κ3) is 2.21. The van der Waals surface area contributed by atoms with Gasteiger partial charge in [-0.3, -0.25) is 0 Å². The van der Waals surface area contributed by atoms with Gasteiger partial charge in [0.1, 0.15) is 6.61 Å². The van der Waals surface area contributed by atoms with Crippen LogP contribution in [0, 0.1) is 5.92 Å². The molecule has 1 atom stereocenters. The molecule has 0 N–H and O–H groups in total. The molecule has 0 spiro atoms. The van der Waals surface area contributed by atoms with E-state index in [2.05, 4.69) is 5.16 Å². The lowest BCUT2D eigenvalue weighted by Gasteiger charge is -2.15. The number of hydrogen-bond acceptors (Lipinski definition) is 3. The fourth-order valence-corrected chi connectivity index (χ4v) is 1.18. The fraction of sp³-hybridized carbons (Fsp3) is 0.889. The predicted octanol–water partition coefficient (Wildman–Crippen LogP) is 1.58. The molecule has 0 aromatic heterocycles. The highest BCUT2D eigenvalue weighted by Gasteiger charge is 2.26. The van der Waals surface area contributed by atoms with Crippen molar-refractivity contribution in [2.24, 2.45) is 11.1 Å². The van der Waals surface area contributed by atoms with Gasteiger partial charge in [0, 0.05) is 12.5 Å². The molecule has 3 aliphatic rings. The van der Waals surface area contributed by atoms with Crippen LogP contribution in [0.3, 0.4) is 0 Å². The van der Waals surface area contributed by atoms with Crippen molar-refractivity contribution in [2.75, 3.05) is 19.8 Å². The van der Waals surface area contributed by atoms with Crippen LogP contribution in [-0.2, 0) is 9.57 Å². The zero-order chi connectivity index (χ0) is 8.23. The van der Waals surface area contributed by atoms with Gasteiger partial charge >= 0.3 is 0 Å². The van der Waals surface area contributed by atoms with Crippen molar-refractivity contribution in [3.63, 3.8) is 0 Å². The van der Waals surface area contributed by atoms with Crippen molar-refractivity contribution in [3.05, 3.63) is 0 Å². The van der Waals surface area contributed by atoms with Gasteiger partial charge in [0.2, 0.25) is 0 Å². The highest BCUT2D eigenvalue weighted by atomic mass is 16.6. The lowest BCUT2D eigenvalue weighted by Crippen LogP contribution is -2.26. The number of hydrogen-bond donors (Lipinski definition) is 0. The number of oxime groups is 1. The minimum absolute atomic E-state index is 0.568. The van der Waals surface area contributed by atoms with E-state index >= 15 is 0 Å². The van der Waals surface area contributed by atoms with Crippen LogP contribution in [0.5, 0.6) is 0 Å². The van der Waals surface area contributed by atoms with Crippen molar-refractivity contribution in [1.29, 1.82) is 0 Å². The molecule has 2 aliphatic heterocycles. The summed E-state index contributed by atoms with van der Waals surface area (Å²) in [5.74, 6) is 0.568. The molecule has 12 heavy (non-hydrogen) atoms. The number of nitrogens with zero attached hydrogens (tertiary/aromatic N) is 1. The summed E-state index contributed by atoms with van der Waals surface area (Å²) in [4.78, 5) is 4.90. The molecule has 0 bridgehead atoms. The summed E-state index contributed by atoms with van der Waals surface area (Å²) in [5.41, 5.74) is 1.10. The van der Waals surface area contributed by atoms with Crippen molar-refractivity contribution < 1.29 is 9.57 Å². The average molecular weight is 169 g/mol. The molecule has 2 heterocycles. The molecule has 0 aromatic rings. The molecule has 0 radical (unpaired) electrons. The SMILES string of the molecule is C1CC1.C1CC2CON=C2CO1. The van der Waals surface area contributed by atoms with Gasteiger partial charge < -0.3 is 9.57 Å². The van der Waals surface area contributed by atoms with E-state index in [0.29, 0.717) is 12.5 Å². The second kappa shape index (κ2) is 3.90. The molecule has 2 fully saturated rings. The van der Waals surface area contributed by atoms with Crippen LogP contribution in [0.1, 0.15) is 25.7 Å². The number of fused-ring (bicyclic) bond motifs is 1. The van der Waals surface area contributed by atoms with E-state index in [-0.39, 0.29) is 0 Å². The molecule has 1 aliphatic carbocycles. The van der Waals surface area contributed by atoms with Crippen molar-refractivity contribution in [1.82, 2.24) is 0 Å². The van der Waals surface area contributed by atoms with Crippen LogP contribution in [0.25, 0.3) is 0 Å². The van der Waals surface area contributed by atoms with E-state index in [4.69, 9.17) is 9.57 Å². The Morgan fingerprint density at radius 3 is 2.75 bits per heavy atom. The first kappa shape index (κ1) is 8.05. The third-order valence-electron chi connectivity index (χ3n) is 2.14. The summed E-state index contributed by atoms with van der Waals surface area (Å²) >= 11 is 0. The Morgan fingerprint density at radius 2 is 2.08 bits per heavy atom. The van der Waals surface area contributed by atoms with E-state index in [1.165, 1.54) is 19.3 Å². The number of ether oxygens (including phenoxy) is 1. The van der Waals surface area contributed by atoms with Crippen LogP contribution in [0.15, 0.2) is 5.16 Å².